The number of thiazole rings is 1. The fourth-order valence-corrected chi connectivity index (χ4v) is 3.89. The largest absolute Gasteiger partial charge is 0.497 e. The second kappa shape index (κ2) is 15.1. The molecular weight excluding hydrogens is 462 g/mol. The minimum atomic E-state index is -0.742. The van der Waals surface area contributed by atoms with Crippen molar-refractivity contribution in [3.05, 3.63) is 54.1 Å². The normalized spacial score (nSPS) is 10.2. The number of benzene rings is 2. The fourth-order valence-electron chi connectivity index (χ4n) is 2.71. The van der Waals surface area contributed by atoms with Crippen LogP contribution >= 0.6 is 23.5 Å². The van der Waals surface area contributed by atoms with E-state index >= 15 is 0 Å². The van der Waals surface area contributed by atoms with Crippen LogP contribution in [0, 0.1) is 0 Å². The lowest BCUT2D eigenvalue weighted by atomic mass is 10.2. The number of aromatic nitrogens is 1. The number of hydrogen-bond acceptors (Lipinski definition) is 9. The van der Waals surface area contributed by atoms with Crippen LogP contribution in [0.2, 0.25) is 0 Å². The molecule has 9 nitrogen and oxygen atoms in total. The van der Waals surface area contributed by atoms with Gasteiger partial charge in [-0.05, 0) is 36.6 Å². The van der Waals surface area contributed by atoms with E-state index in [0.717, 1.165) is 59.5 Å². The molecule has 178 valence electrons. The summed E-state index contributed by atoms with van der Waals surface area (Å²) in [5, 5.41) is 8.75. The molecule has 0 saturated heterocycles. The van der Waals surface area contributed by atoms with Gasteiger partial charge in [0.1, 0.15) is 12.4 Å². The Kier molecular flexibility index (Phi) is 12.0. The van der Waals surface area contributed by atoms with Gasteiger partial charge in [-0.3, -0.25) is 14.7 Å². The van der Waals surface area contributed by atoms with Crippen LogP contribution in [0.5, 0.6) is 5.75 Å². The van der Waals surface area contributed by atoms with Crippen LogP contribution in [0.25, 0.3) is 10.2 Å². The molecule has 1 heterocycles. The Morgan fingerprint density at radius 2 is 1.91 bits per heavy atom. The van der Waals surface area contributed by atoms with E-state index in [9.17, 15) is 9.59 Å². The average Bonchev–Trinajstić information content (AvgIpc) is 3.22. The number of amides is 2. The lowest BCUT2D eigenvalue weighted by molar-refractivity contribution is -0.116. The summed E-state index contributed by atoms with van der Waals surface area (Å²) in [5.41, 5.74) is 6.58. The number of ether oxygens (including phenoxy) is 2. The van der Waals surface area contributed by atoms with Crippen molar-refractivity contribution in [2.45, 2.75) is 32.3 Å². The number of primary amides is 1. The lowest BCUT2D eigenvalue weighted by Crippen LogP contribution is -2.12. The van der Waals surface area contributed by atoms with Gasteiger partial charge in [0.15, 0.2) is 5.13 Å². The van der Waals surface area contributed by atoms with Crippen molar-refractivity contribution >= 4 is 50.8 Å². The first-order valence-corrected chi connectivity index (χ1v) is 12.0. The topological polar surface area (TPSA) is 142 Å². The number of carbonyl (C=O) groups excluding carboxylic acids is 2. The quantitative estimate of drug-likeness (QED) is 0.231. The standard InChI is InChI=1S/C14H20N4O2S2.C8H9NO2/c1-20-10-6-7-11-12(9-10)21-14(17-11)18-13(19)5-3-2-4-8-16-22-15;9-8(10)11-6-7-4-2-1-3-5-7/h6-7,9,16H,2-5,8,15H2,1H3,(H,17,18,19);1-5H,6H2,(H2,9,10). The maximum Gasteiger partial charge on any atom is 0.404 e. The van der Waals surface area contributed by atoms with Gasteiger partial charge >= 0.3 is 6.09 Å². The van der Waals surface area contributed by atoms with E-state index in [4.69, 9.17) is 15.6 Å². The third-order valence-electron chi connectivity index (χ3n) is 4.33. The third-order valence-corrected chi connectivity index (χ3v) is 5.64. The second-order valence-electron chi connectivity index (χ2n) is 6.82. The highest BCUT2D eigenvalue weighted by atomic mass is 32.2. The Hall–Kier alpha value is -2.86. The van der Waals surface area contributed by atoms with Crippen molar-refractivity contribution in [2.75, 3.05) is 19.0 Å². The smallest absolute Gasteiger partial charge is 0.404 e. The molecule has 0 aliphatic carbocycles. The summed E-state index contributed by atoms with van der Waals surface area (Å²) in [6.45, 7) is 1.11. The van der Waals surface area contributed by atoms with E-state index in [-0.39, 0.29) is 12.5 Å². The molecule has 2 amide bonds. The molecular formula is C22H29N5O4S2. The summed E-state index contributed by atoms with van der Waals surface area (Å²) in [6.07, 6.45) is 2.64. The highest BCUT2D eigenvalue weighted by Gasteiger charge is 2.08. The molecule has 0 spiro atoms. The van der Waals surface area contributed by atoms with Crippen LogP contribution in [-0.2, 0) is 16.1 Å². The summed E-state index contributed by atoms with van der Waals surface area (Å²) in [5.74, 6) is 0.797. The van der Waals surface area contributed by atoms with Gasteiger partial charge in [0, 0.05) is 25.1 Å². The Labute approximate surface area is 201 Å². The Bertz CT molecular complexity index is 1000. The van der Waals surface area contributed by atoms with E-state index in [1.807, 2.05) is 48.5 Å². The molecule has 0 aliphatic rings. The minimum absolute atomic E-state index is 0.00665. The van der Waals surface area contributed by atoms with Crippen molar-refractivity contribution in [1.82, 2.24) is 9.71 Å². The molecule has 0 fully saturated rings. The van der Waals surface area contributed by atoms with Gasteiger partial charge in [0.2, 0.25) is 5.91 Å². The zero-order chi connectivity index (χ0) is 23.9. The van der Waals surface area contributed by atoms with Crippen molar-refractivity contribution in [2.24, 2.45) is 10.9 Å². The first-order chi connectivity index (χ1) is 16.0. The molecule has 6 N–H and O–H groups in total. The Balaban J connectivity index is 0.000000294. The van der Waals surface area contributed by atoms with Crippen LogP contribution in [0.15, 0.2) is 48.5 Å². The van der Waals surface area contributed by atoms with Crippen LogP contribution in [0.1, 0.15) is 31.2 Å². The van der Waals surface area contributed by atoms with Crippen molar-refractivity contribution < 1.29 is 19.1 Å². The van der Waals surface area contributed by atoms with Gasteiger partial charge in [-0.2, -0.15) is 0 Å². The highest BCUT2D eigenvalue weighted by Crippen LogP contribution is 2.29. The third kappa shape index (κ3) is 10.5. The molecule has 1 aromatic heterocycles. The molecule has 3 aromatic rings. The summed E-state index contributed by atoms with van der Waals surface area (Å²) in [6, 6.07) is 15.0. The highest BCUT2D eigenvalue weighted by molar-refractivity contribution is 7.95. The first kappa shape index (κ1) is 26.4. The number of anilines is 1. The molecule has 3 rings (SSSR count). The zero-order valence-corrected chi connectivity index (χ0v) is 20.0. The van der Waals surface area contributed by atoms with Gasteiger partial charge in [-0.25, -0.2) is 9.78 Å². The molecule has 2 aromatic carbocycles. The summed E-state index contributed by atoms with van der Waals surface area (Å²) in [7, 11) is 1.63. The van der Waals surface area contributed by atoms with Gasteiger partial charge in [0.05, 0.1) is 17.3 Å². The molecule has 0 saturated carbocycles. The molecule has 0 radical (unpaired) electrons. The molecule has 0 aliphatic heterocycles. The van der Waals surface area contributed by atoms with E-state index in [2.05, 4.69) is 19.8 Å². The number of nitrogens with two attached hydrogens (primary N) is 2. The van der Waals surface area contributed by atoms with Crippen molar-refractivity contribution in [1.29, 1.82) is 0 Å². The van der Waals surface area contributed by atoms with Gasteiger partial charge in [0.25, 0.3) is 0 Å². The van der Waals surface area contributed by atoms with Gasteiger partial charge in [-0.15, -0.1) is 0 Å². The van der Waals surface area contributed by atoms with Crippen LogP contribution in [-0.4, -0.2) is 30.6 Å². The number of carbonyl (C=O) groups is 2. The molecule has 0 bridgehead atoms. The van der Waals surface area contributed by atoms with Gasteiger partial charge < -0.3 is 20.5 Å². The summed E-state index contributed by atoms with van der Waals surface area (Å²) < 4.78 is 13.7. The molecule has 0 unspecified atom stereocenters. The minimum Gasteiger partial charge on any atom is -0.497 e. The Morgan fingerprint density at radius 1 is 1.12 bits per heavy atom. The number of fused-ring (bicyclic) bond motifs is 1. The predicted octanol–water partition coefficient (Wildman–Crippen LogP) is 4.20. The van der Waals surface area contributed by atoms with Crippen LogP contribution in [0.3, 0.4) is 0 Å². The lowest BCUT2D eigenvalue weighted by Gasteiger charge is -2.02. The van der Waals surface area contributed by atoms with Crippen LogP contribution < -0.4 is 25.6 Å². The zero-order valence-electron chi connectivity index (χ0n) is 18.4. The van der Waals surface area contributed by atoms with Crippen molar-refractivity contribution in [3.63, 3.8) is 0 Å². The maximum atomic E-state index is 11.9. The molecule has 11 heteroatoms. The molecule has 0 atom stereocenters. The van der Waals surface area contributed by atoms with E-state index < -0.39 is 6.09 Å². The van der Waals surface area contributed by atoms with Crippen LogP contribution in [0.4, 0.5) is 9.93 Å². The number of nitrogens with zero attached hydrogens (tertiary/aromatic N) is 1. The van der Waals surface area contributed by atoms with E-state index in [0.29, 0.717) is 11.6 Å². The Morgan fingerprint density at radius 3 is 2.61 bits per heavy atom. The van der Waals surface area contributed by atoms with Crippen molar-refractivity contribution in [3.8, 4) is 5.75 Å². The monoisotopic (exact) mass is 491 g/mol. The number of nitrogens with one attached hydrogen (secondary N) is 2. The second-order valence-corrected chi connectivity index (χ2v) is 8.37. The number of rotatable bonds is 11. The molecule has 33 heavy (non-hydrogen) atoms. The predicted molar refractivity (Wildman–Crippen MR) is 134 cm³/mol. The fraction of sp³-hybridized carbons (Fsp3) is 0.318. The SMILES string of the molecule is COc1ccc2nc(NC(=O)CCCCCNSN)sc2c1.NC(=O)OCc1ccccc1. The van der Waals surface area contributed by atoms with Gasteiger partial charge in [-0.1, -0.05) is 48.1 Å². The van der Waals surface area contributed by atoms with E-state index in [1.165, 1.54) is 11.3 Å². The van der Waals surface area contributed by atoms with E-state index in [1.54, 1.807) is 7.11 Å². The summed E-state index contributed by atoms with van der Waals surface area (Å²) >= 11 is 2.58. The maximum absolute atomic E-state index is 11.9. The number of hydrogen-bond donors (Lipinski definition) is 4. The average molecular weight is 492 g/mol. The first-order valence-electron chi connectivity index (χ1n) is 10.3. The number of unbranched alkanes of at least 4 members (excludes halogenated alkanes) is 2. The summed E-state index contributed by atoms with van der Waals surface area (Å²) in [4.78, 5) is 26.5. The number of methoxy groups -OCH3 is 1.